The van der Waals surface area contributed by atoms with E-state index in [0.717, 1.165) is 41.9 Å². The Morgan fingerprint density at radius 3 is 2.34 bits per heavy atom. The number of carbonyl (C=O) groups is 3. The fourth-order valence-electron chi connectivity index (χ4n) is 4.83. The molecular weight excluding hydrogens is 444 g/mol. The van der Waals surface area contributed by atoms with Crippen molar-refractivity contribution in [3.05, 3.63) is 77.6 Å². The molecule has 1 aromatic heterocycles. The fourth-order valence-corrected chi connectivity index (χ4v) is 4.83. The first-order valence-corrected chi connectivity index (χ1v) is 12.1. The van der Waals surface area contributed by atoms with Crippen molar-refractivity contribution < 1.29 is 19.1 Å². The molecule has 2 heterocycles. The number of para-hydroxylation sites is 2. The summed E-state index contributed by atoms with van der Waals surface area (Å²) in [4.78, 5) is 39.7. The van der Waals surface area contributed by atoms with Gasteiger partial charge in [0, 0.05) is 36.0 Å². The lowest BCUT2D eigenvalue weighted by molar-refractivity contribution is -0.137. The molecule has 0 unspecified atom stereocenters. The fraction of sp³-hybridized carbons (Fsp3) is 0.333. The van der Waals surface area contributed by atoms with E-state index in [9.17, 15) is 14.4 Å². The number of esters is 1. The molecule has 0 bridgehead atoms. The summed E-state index contributed by atoms with van der Waals surface area (Å²) < 4.78 is 7.20. The monoisotopic (exact) mass is 472 g/mol. The molecule has 0 radical (unpaired) electrons. The van der Waals surface area contributed by atoms with E-state index >= 15 is 0 Å². The molecular formula is C27H28N4O4. The van der Waals surface area contributed by atoms with Gasteiger partial charge in [-0.3, -0.25) is 9.59 Å². The normalized spacial score (nSPS) is 15.5. The molecule has 35 heavy (non-hydrogen) atoms. The first-order chi connectivity index (χ1) is 17.1. The van der Waals surface area contributed by atoms with Crippen molar-refractivity contribution in [2.24, 2.45) is 5.92 Å². The predicted molar refractivity (Wildman–Crippen MR) is 130 cm³/mol. The minimum atomic E-state index is -0.566. The van der Waals surface area contributed by atoms with E-state index in [1.165, 1.54) is 0 Å². The molecule has 0 spiro atoms. The Labute approximate surface area is 203 Å². The standard InChI is InChI=1S/C27H28N4O4/c32-24(30-16-14-19(15-17-30)26(33)28-20-8-3-1-4-9-20)18-35-27(34)25-22-12-7-13-23(22)31(29-25)21-10-5-2-6-11-21/h1-6,8-11,19H,7,12-18H2,(H,28,33). The average molecular weight is 473 g/mol. The number of rotatable bonds is 6. The van der Waals surface area contributed by atoms with Gasteiger partial charge in [-0.05, 0) is 56.4 Å². The van der Waals surface area contributed by atoms with Gasteiger partial charge in [0.15, 0.2) is 12.3 Å². The van der Waals surface area contributed by atoms with Crippen molar-refractivity contribution in [2.75, 3.05) is 25.0 Å². The number of piperidine rings is 1. The SMILES string of the molecule is O=C(OCC(=O)N1CCC(C(=O)Nc2ccccc2)CC1)c1nn(-c2ccccc2)c2c1CCC2. The predicted octanol–water partition coefficient (Wildman–Crippen LogP) is 3.40. The maximum atomic E-state index is 12.8. The van der Waals surface area contributed by atoms with E-state index in [2.05, 4.69) is 10.4 Å². The first kappa shape index (κ1) is 22.8. The van der Waals surface area contributed by atoms with E-state index in [0.29, 0.717) is 31.6 Å². The smallest absolute Gasteiger partial charge is 0.359 e. The molecule has 1 aliphatic heterocycles. The zero-order valence-electron chi connectivity index (χ0n) is 19.5. The first-order valence-electron chi connectivity index (χ1n) is 12.1. The lowest BCUT2D eigenvalue weighted by Crippen LogP contribution is -2.43. The summed E-state index contributed by atoms with van der Waals surface area (Å²) in [6.45, 7) is 0.593. The van der Waals surface area contributed by atoms with Gasteiger partial charge in [0.05, 0.1) is 5.69 Å². The zero-order chi connectivity index (χ0) is 24.2. The Morgan fingerprint density at radius 1 is 0.943 bits per heavy atom. The second-order valence-corrected chi connectivity index (χ2v) is 8.96. The van der Waals surface area contributed by atoms with Crippen molar-refractivity contribution >= 4 is 23.5 Å². The third-order valence-corrected chi connectivity index (χ3v) is 6.71. The van der Waals surface area contributed by atoms with Crippen molar-refractivity contribution in [3.63, 3.8) is 0 Å². The van der Waals surface area contributed by atoms with E-state index in [1.807, 2.05) is 65.3 Å². The summed E-state index contributed by atoms with van der Waals surface area (Å²) in [6.07, 6.45) is 3.75. The number of anilines is 1. The van der Waals surface area contributed by atoms with E-state index in [-0.39, 0.29) is 24.3 Å². The van der Waals surface area contributed by atoms with Crippen LogP contribution < -0.4 is 5.32 Å². The molecule has 180 valence electrons. The lowest BCUT2D eigenvalue weighted by atomic mass is 9.95. The van der Waals surface area contributed by atoms with Crippen LogP contribution in [0.1, 0.15) is 41.0 Å². The molecule has 1 fully saturated rings. The molecule has 0 atom stereocenters. The summed E-state index contributed by atoms with van der Waals surface area (Å²) in [5.74, 6) is -0.994. The maximum Gasteiger partial charge on any atom is 0.359 e. The summed E-state index contributed by atoms with van der Waals surface area (Å²) in [7, 11) is 0. The van der Waals surface area contributed by atoms with Crippen LogP contribution in [0.3, 0.4) is 0 Å². The van der Waals surface area contributed by atoms with Crippen LogP contribution in [-0.4, -0.2) is 52.2 Å². The number of nitrogens with one attached hydrogen (secondary N) is 1. The highest BCUT2D eigenvalue weighted by Gasteiger charge is 2.30. The number of carbonyl (C=O) groups excluding carboxylic acids is 3. The van der Waals surface area contributed by atoms with Gasteiger partial charge in [-0.25, -0.2) is 9.48 Å². The van der Waals surface area contributed by atoms with Gasteiger partial charge < -0.3 is 15.0 Å². The summed E-state index contributed by atoms with van der Waals surface area (Å²) in [6, 6.07) is 19.1. The molecule has 1 N–H and O–H groups in total. The summed E-state index contributed by atoms with van der Waals surface area (Å²) in [5, 5.41) is 7.46. The third kappa shape index (κ3) is 4.96. The molecule has 1 saturated heterocycles. The van der Waals surface area contributed by atoms with Crippen molar-refractivity contribution in [3.8, 4) is 5.69 Å². The number of nitrogens with zero attached hydrogens (tertiary/aromatic N) is 3. The largest absolute Gasteiger partial charge is 0.451 e. The van der Waals surface area contributed by atoms with Crippen LogP contribution >= 0.6 is 0 Å². The van der Waals surface area contributed by atoms with Crippen LogP contribution in [-0.2, 0) is 27.2 Å². The number of hydrogen-bond acceptors (Lipinski definition) is 5. The Bertz CT molecular complexity index is 1210. The number of likely N-dealkylation sites (tertiary alicyclic amines) is 1. The van der Waals surface area contributed by atoms with Crippen LogP contribution in [0.2, 0.25) is 0 Å². The van der Waals surface area contributed by atoms with Crippen molar-refractivity contribution in [1.82, 2.24) is 14.7 Å². The number of fused-ring (bicyclic) bond motifs is 1. The van der Waals surface area contributed by atoms with Gasteiger partial charge in [0.2, 0.25) is 5.91 Å². The topological polar surface area (TPSA) is 93.5 Å². The number of aromatic nitrogens is 2. The third-order valence-electron chi connectivity index (χ3n) is 6.71. The number of hydrogen-bond donors (Lipinski definition) is 1. The zero-order valence-corrected chi connectivity index (χ0v) is 19.5. The van der Waals surface area contributed by atoms with Crippen LogP contribution in [0, 0.1) is 5.92 Å². The number of amides is 2. The van der Waals surface area contributed by atoms with Crippen LogP contribution in [0.15, 0.2) is 60.7 Å². The van der Waals surface area contributed by atoms with E-state index in [4.69, 9.17) is 4.74 Å². The van der Waals surface area contributed by atoms with Crippen molar-refractivity contribution in [2.45, 2.75) is 32.1 Å². The molecule has 1 aliphatic carbocycles. The maximum absolute atomic E-state index is 12.8. The second-order valence-electron chi connectivity index (χ2n) is 8.96. The summed E-state index contributed by atoms with van der Waals surface area (Å²) >= 11 is 0. The van der Waals surface area contributed by atoms with E-state index in [1.54, 1.807) is 4.90 Å². The van der Waals surface area contributed by atoms with Gasteiger partial charge in [0.1, 0.15) is 0 Å². The Balaban J connectivity index is 1.15. The summed E-state index contributed by atoms with van der Waals surface area (Å²) in [5.41, 5.74) is 3.91. The molecule has 0 saturated carbocycles. The number of benzene rings is 2. The molecule has 2 aliphatic rings. The minimum Gasteiger partial charge on any atom is -0.451 e. The Morgan fingerprint density at radius 2 is 1.63 bits per heavy atom. The molecule has 2 aromatic carbocycles. The van der Waals surface area contributed by atoms with Gasteiger partial charge >= 0.3 is 5.97 Å². The lowest BCUT2D eigenvalue weighted by Gasteiger charge is -2.31. The van der Waals surface area contributed by atoms with Crippen LogP contribution in [0.5, 0.6) is 0 Å². The highest BCUT2D eigenvalue weighted by atomic mass is 16.5. The Kier molecular flexibility index (Phi) is 6.61. The Hall–Kier alpha value is -3.94. The van der Waals surface area contributed by atoms with E-state index < -0.39 is 5.97 Å². The molecule has 5 rings (SSSR count). The molecule has 2 amide bonds. The van der Waals surface area contributed by atoms with Gasteiger partial charge in [-0.1, -0.05) is 36.4 Å². The average Bonchev–Trinajstić information content (AvgIpc) is 3.51. The minimum absolute atomic E-state index is 0.0300. The van der Waals surface area contributed by atoms with Gasteiger partial charge in [0.25, 0.3) is 5.91 Å². The highest BCUT2D eigenvalue weighted by Crippen LogP contribution is 2.28. The van der Waals surface area contributed by atoms with Crippen LogP contribution in [0.25, 0.3) is 5.69 Å². The van der Waals surface area contributed by atoms with Crippen molar-refractivity contribution in [1.29, 1.82) is 0 Å². The molecule has 8 heteroatoms. The van der Waals surface area contributed by atoms with Gasteiger partial charge in [-0.2, -0.15) is 5.10 Å². The molecule has 8 nitrogen and oxygen atoms in total. The van der Waals surface area contributed by atoms with Crippen LogP contribution in [0.4, 0.5) is 5.69 Å². The number of ether oxygens (including phenoxy) is 1. The quantitative estimate of drug-likeness (QED) is 0.555. The van der Waals surface area contributed by atoms with Gasteiger partial charge in [-0.15, -0.1) is 0 Å². The highest BCUT2D eigenvalue weighted by molar-refractivity contribution is 5.93. The second kappa shape index (κ2) is 10.1. The molecule has 3 aromatic rings.